The third kappa shape index (κ3) is 19.1. The normalized spacial score (nSPS) is 16.2. The summed E-state index contributed by atoms with van der Waals surface area (Å²) in [7, 11) is -4.37. The number of hydrogen-bond donors (Lipinski definition) is 4. The summed E-state index contributed by atoms with van der Waals surface area (Å²) in [6, 6.07) is 0. The molecular weight excluding hydrogens is 375 g/mol. The van der Waals surface area contributed by atoms with Gasteiger partial charge in [0.2, 0.25) is 0 Å². The van der Waals surface area contributed by atoms with Crippen molar-refractivity contribution in [3.63, 3.8) is 0 Å². The molecule has 0 fully saturated rings. The average Bonchev–Trinajstić information content (AvgIpc) is 2.65. The highest BCUT2D eigenvalue weighted by Gasteiger charge is 2.24. The second-order valence-electron chi connectivity index (χ2n) is 6.81. The van der Waals surface area contributed by atoms with Crippen molar-refractivity contribution >= 4 is 7.82 Å². The third-order valence-electron chi connectivity index (χ3n) is 4.02. The molecular formula is C18H39O8P. The van der Waals surface area contributed by atoms with E-state index in [0.717, 1.165) is 12.8 Å². The zero-order valence-corrected chi connectivity index (χ0v) is 17.5. The van der Waals surface area contributed by atoms with Gasteiger partial charge in [0.25, 0.3) is 0 Å². The van der Waals surface area contributed by atoms with E-state index in [1.807, 2.05) is 0 Å². The molecule has 0 rings (SSSR count). The fourth-order valence-corrected chi connectivity index (χ4v) is 3.20. The van der Waals surface area contributed by atoms with Gasteiger partial charge in [-0.05, 0) is 6.42 Å². The van der Waals surface area contributed by atoms with Crippen LogP contribution >= 0.6 is 7.82 Å². The predicted molar refractivity (Wildman–Crippen MR) is 103 cm³/mol. The Balaban J connectivity index is 3.45. The topological polar surface area (TPSA) is 126 Å². The molecule has 0 spiro atoms. The second kappa shape index (κ2) is 18.0. The lowest BCUT2D eigenvalue weighted by molar-refractivity contribution is -0.00437. The van der Waals surface area contributed by atoms with Crippen LogP contribution in [0.5, 0.6) is 0 Å². The van der Waals surface area contributed by atoms with Crippen molar-refractivity contribution < 1.29 is 38.6 Å². The van der Waals surface area contributed by atoms with Crippen LogP contribution in [0.2, 0.25) is 0 Å². The Bertz CT molecular complexity index is 369. The fraction of sp³-hybridized carbons (Fsp3) is 1.00. The first-order valence-electron chi connectivity index (χ1n) is 10.1. The summed E-state index contributed by atoms with van der Waals surface area (Å²) in [5.41, 5.74) is 0. The number of aliphatic hydroxyl groups is 3. The van der Waals surface area contributed by atoms with Crippen molar-refractivity contribution in [3.8, 4) is 0 Å². The second-order valence-corrected chi connectivity index (χ2v) is 8.26. The lowest BCUT2D eigenvalue weighted by Gasteiger charge is -2.16. The van der Waals surface area contributed by atoms with Gasteiger partial charge in [-0.15, -0.1) is 0 Å². The number of aliphatic hydroxyl groups excluding tert-OH is 3. The standard InChI is InChI=1S/C18H39O8P/c1-2-3-4-5-6-7-8-9-10-11-12-24-14-18(21)16-26-27(22,23)25-15-17(20)13-19/h17-21H,2-16H2,1H3,(H,22,23). The van der Waals surface area contributed by atoms with Gasteiger partial charge in [-0.1, -0.05) is 64.7 Å². The van der Waals surface area contributed by atoms with E-state index in [4.69, 9.17) is 14.9 Å². The quantitative estimate of drug-likeness (QED) is 0.177. The summed E-state index contributed by atoms with van der Waals surface area (Å²) < 4.78 is 25.9. The van der Waals surface area contributed by atoms with Crippen LogP contribution in [-0.4, -0.2) is 65.5 Å². The molecule has 0 aromatic carbocycles. The number of phosphoric acid groups is 1. The van der Waals surface area contributed by atoms with Gasteiger partial charge in [0, 0.05) is 6.61 Å². The Morgan fingerprint density at radius 2 is 1.26 bits per heavy atom. The van der Waals surface area contributed by atoms with Crippen molar-refractivity contribution in [1.29, 1.82) is 0 Å². The molecule has 3 unspecified atom stereocenters. The molecule has 0 radical (unpaired) electrons. The molecule has 0 saturated carbocycles. The molecule has 0 amide bonds. The van der Waals surface area contributed by atoms with Gasteiger partial charge in [0.1, 0.15) is 12.2 Å². The molecule has 0 aromatic rings. The maximum Gasteiger partial charge on any atom is 0.472 e. The van der Waals surface area contributed by atoms with Crippen LogP contribution in [0.1, 0.15) is 71.1 Å². The summed E-state index contributed by atoms with van der Waals surface area (Å²) in [5, 5.41) is 27.3. The molecule has 3 atom stereocenters. The summed E-state index contributed by atoms with van der Waals surface area (Å²) in [5.74, 6) is 0. The molecule has 0 heterocycles. The monoisotopic (exact) mass is 414 g/mol. The molecule has 0 aliphatic heterocycles. The molecule has 0 aliphatic carbocycles. The van der Waals surface area contributed by atoms with E-state index in [1.165, 1.54) is 51.4 Å². The SMILES string of the molecule is CCCCCCCCCCCCOCC(O)COP(=O)(O)OCC(O)CO. The van der Waals surface area contributed by atoms with Crippen LogP contribution in [0.3, 0.4) is 0 Å². The van der Waals surface area contributed by atoms with E-state index in [9.17, 15) is 14.6 Å². The van der Waals surface area contributed by atoms with Crippen molar-refractivity contribution in [2.24, 2.45) is 0 Å². The largest absolute Gasteiger partial charge is 0.472 e. The van der Waals surface area contributed by atoms with Crippen molar-refractivity contribution in [2.75, 3.05) is 33.0 Å². The van der Waals surface area contributed by atoms with Crippen molar-refractivity contribution in [3.05, 3.63) is 0 Å². The zero-order valence-electron chi connectivity index (χ0n) is 16.6. The molecule has 9 heteroatoms. The minimum Gasteiger partial charge on any atom is -0.394 e. The van der Waals surface area contributed by atoms with E-state index in [-0.39, 0.29) is 6.61 Å². The first-order valence-corrected chi connectivity index (χ1v) is 11.6. The highest BCUT2D eigenvalue weighted by molar-refractivity contribution is 7.47. The maximum absolute atomic E-state index is 11.5. The van der Waals surface area contributed by atoms with Crippen LogP contribution in [0.25, 0.3) is 0 Å². The highest BCUT2D eigenvalue weighted by atomic mass is 31.2. The van der Waals surface area contributed by atoms with Crippen molar-refractivity contribution in [1.82, 2.24) is 0 Å². The molecule has 4 N–H and O–H groups in total. The predicted octanol–water partition coefficient (Wildman–Crippen LogP) is 2.77. The molecule has 0 aromatic heterocycles. The fourth-order valence-electron chi connectivity index (χ4n) is 2.41. The van der Waals surface area contributed by atoms with E-state index < -0.39 is 39.9 Å². The Labute approximate surface area is 163 Å². The first-order chi connectivity index (χ1) is 12.9. The van der Waals surface area contributed by atoms with Gasteiger partial charge >= 0.3 is 7.82 Å². The molecule has 164 valence electrons. The Hall–Kier alpha value is -0.0500. The molecule has 27 heavy (non-hydrogen) atoms. The van der Waals surface area contributed by atoms with Gasteiger partial charge in [-0.3, -0.25) is 9.05 Å². The molecule has 0 aliphatic rings. The van der Waals surface area contributed by atoms with Crippen LogP contribution < -0.4 is 0 Å². The Morgan fingerprint density at radius 3 is 1.78 bits per heavy atom. The summed E-state index contributed by atoms with van der Waals surface area (Å²) >= 11 is 0. The number of phosphoric ester groups is 1. The Morgan fingerprint density at radius 1 is 0.778 bits per heavy atom. The Kier molecular flexibility index (Phi) is 18.0. The lowest BCUT2D eigenvalue weighted by atomic mass is 10.1. The number of unbranched alkanes of at least 4 members (excludes halogenated alkanes) is 9. The van der Waals surface area contributed by atoms with Crippen LogP contribution in [-0.2, 0) is 18.3 Å². The van der Waals surface area contributed by atoms with E-state index in [0.29, 0.717) is 6.61 Å². The molecule has 8 nitrogen and oxygen atoms in total. The highest BCUT2D eigenvalue weighted by Crippen LogP contribution is 2.43. The van der Waals surface area contributed by atoms with Gasteiger partial charge in [-0.25, -0.2) is 4.57 Å². The van der Waals surface area contributed by atoms with Crippen LogP contribution in [0.15, 0.2) is 0 Å². The minimum absolute atomic E-state index is 0.0106. The maximum atomic E-state index is 11.5. The summed E-state index contributed by atoms with van der Waals surface area (Å²) in [4.78, 5) is 9.35. The van der Waals surface area contributed by atoms with E-state index in [2.05, 4.69) is 16.0 Å². The number of hydrogen-bond acceptors (Lipinski definition) is 7. The van der Waals surface area contributed by atoms with Gasteiger partial charge in [0.05, 0.1) is 26.4 Å². The van der Waals surface area contributed by atoms with Crippen molar-refractivity contribution in [2.45, 2.75) is 83.3 Å². The van der Waals surface area contributed by atoms with Gasteiger partial charge in [-0.2, -0.15) is 0 Å². The average molecular weight is 414 g/mol. The zero-order chi connectivity index (χ0) is 20.4. The van der Waals surface area contributed by atoms with Gasteiger partial charge in [0.15, 0.2) is 0 Å². The number of rotatable bonds is 20. The third-order valence-corrected chi connectivity index (χ3v) is 4.97. The first kappa shape index (κ1) is 27.0. The van der Waals surface area contributed by atoms with Gasteiger partial charge < -0.3 is 24.9 Å². The summed E-state index contributed by atoms with van der Waals surface area (Å²) in [6.45, 7) is 1.23. The minimum atomic E-state index is -4.37. The smallest absolute Gasteiger partial charge is 0.394 e. The molecule has 0 saturated heterocycles. The lowest BCUT2D eigenvalue weighted by Crippen LogP contribution is -2.23. The number of ether oxygens (including phenoxy) is 1. The molecule has 0 bridgehead atoms. The summed E-state index contributed by atoms with van der Waals surface area (Å²) in [6.07, 6.45) is 10.1. The van der Waals surface area contributed by atoms with E-state index in [1.54, 1.807) is 0 Å². The van der Waals surface area contributed by atoms with Crippen LogP contribution in [0.4, 0.5) is 0 Å². The van der Waals surface area contributed by atoms with E-state index >= 15 is 0 Å². The van der Waals surface area contributed by atoms with Crippen LogP contribution in [0, 0.1) is 0 Å².